The largest absolute Gasteiger partial charge is 0.314 e. The van der Waals surface area contributed by atoms with Gasteiger partial charge >= 0.3 is 0 Å². The maximum absolute atomic E-state index is 11.4. The van der Waals surface area contributed by atoms with Gasteiger partial charge < -0.3 is 10.2 Å². The van der Waals surface area contributed by atoms with Gasteiger partial charge in [-0.05, 0) is 11.8 Å². The quantitative estimate of drug-likeness (QED) is 0.790. The summed E-state index contributed by atoms with van der Waals surface area (Å²) in [4.78, 5) is 2.30. The van der Waals surface area contributed by atoms with E-state index in [4.69, 9.17) is 0 Å². The molecule has 1 aliphatic rings. The van der Waals surface area contributed by atoms with Gasteiger partial charge in [-0.3, -0.25) is 0 Å². The van der Waals surface area contributed by atoms with E-state index >= 15 is 0 Å². The van der Waals surface area contributed by atoms with Gasteiger partial charge in [-0.2, -0.15) is 0 Å². The van der Waals surface area contributed by atoms with Crippen LogP contribution in [0.3, 0.4) is 0 Å². The van der Waals surface area contributed by atoms with E-state index in [9.17, 15) is 8.42 Å². The van der Waals surface area contributed by atoms with E-state index in [-0.39, 0.29) is 5.41 Å². The fourth-order valence-corrected chi connectivity index (χ4v) is 3.47. The fraction of sp³-hybridized carbons (Fsp3) is 1.00. The predicted octanol–water partition coefficient (Wildman–Crippen LogP) is 1.13. The molecule has 1 fully saturated rings. The van der Waals surface area contributed by atoms with Crippen LogP contribution in [0.4, 0.5) is 0 Å². The normalized spacial score (nSPS) is 24.1. The second kappa shape index (κ2) is 6.35. The topological polar surface area (TPSA) is 49.4 Å². The van der Waals surface area contributed by atoms with Crippen molar-refractivity contribution in [2.45, 2.75) is 40.2 Å². The summed E-state index contributed by atoms with van der Waals surface area (Å²) in [6.45, 7) is 12.2. The first kappa shape index (κ1) is 15.9. The summed E-state index contributed by atoms with van der Waals surface area (Å²) in [5.41, 5.74) is 0.228. The minimum atomic E-state index is -2.76. The van der Waals surface area contributed by atoms with E-state index in [2.05, 4.69) is 37.9 Å². The van der Waals surface area contributed by atoms with Gasteiger partial charge in [0.25, 0.3) is 0 Å². The lowest BCUT2D eigenvalue weighted by molar-refractivity contribution is 0.161. The molecule has 0 radical (unpaired) electrons. The van der Waals surface area contributed by atoms with E-state index in [0.29, 0.717) is 30.6 Å². The molecule has 0 saturated carbocycles. The molecule has 0 spiro atoms. The molecule has 1 unspecified atom stereocenters. The molecular weight excluding hydrogens is 248 g/mol. The van der Waals surface area contributed by atoms with E-state index in [1.165, 1.54) is 0 Å². The summed E-state index contributed by atoms with van der Waals surface area (Å²) in [5, 5.41) is 3.50. The van der Waals surface area contributed by atoms with Crippen LogP contribution in [0.1, 0.15) is 34.1 Å². The van der Waals surface area contributed by atoms with Crippen molar-refractivity contribution in [3.05, 3.63) is 0 Å². The molecule has 1 atom stereocenters. The van der Waals surface area contributed by atoms with Crippen LogP contribution in [0, 0.1) is 5.41 Å². The third-order valence-corrected chi connectivity index (χ3v) is 5.44. The van der Waals surface area contributed by atoms with E-state index in [1.54, 1.807) is 0 Å². The molecule has 1 N–H and O–H groups in total. The average Bonchev–Trinajstić information content (AvgIpc) is 2.30. The summed E-state index contributed by atoms with van der Waals surface area (Å²) in [6.07, 6.45) is 1.11. The molecule has 0 aromatic heterocycles. The number of nitrogens with one attached hydrogen (secondary N) is 1. The van der Waals surface area contributed by atoms with Gasteiger partial charge in [0.05, 0.1) is 11.5 Å². The first-order valence-electron chi connectivity index (χ1n) is 6.92. The van der Waals surface area contributed by atoms with Crippen LogP contribution in [-0.2, 0) is 9.84 Å². The van der Waals surface area contributed by atoms with Crippen molar-refractivity contribution in [1.82, 2.24) is 10.2 Å². The molecule has 0 aromatic rings. The van der Waals surface area contributed by atoms with Crippen molar-refractivity contribution < 1.29 is 8.42 Å². The minimum absolute atomic E-state index is 0.228. The zero-order valence-electron chi connectivity index (χ0n) is 12.2. The molecule has 0 bridgehead atoms. The van der Waals surface area contributed by atoms with Gasteiger partial charge in [0, 0.05) is 32.2 Å². The van der Waals surface area contributed by atoms with Gasteiger partial charge in [0.1, 0.15) is 0 Å². The summed E-state index contributed by atoms with van der Waals surface area (Å²) < 4.78 is 22.8. The highest BCUT2D eigenvalue weighted by Gasteiger charge is 2.29. The second-order valence-electron chi connectivity index (χ2n) is 6.13. The SMILES string of the molecule is CCC(C)(CNC(C)C)CN1CCS(=O)(=O)CC1. The van der Waals surface area contributed by atoms with Crippen LogP contribution in [0.5, 0.6) is 0 Å². The van der Waals surface area contributed by atoms with Crippen LogP contribution in [0.15, 0.2) is 0 Å². The molecular formula is C13H28N2O2S. The third kappa shape index (κ3) is 5.24. The molecule has 1 saturated heterocycles. The number of sulfone groups is 1. The Morgan fingerprint density at radius 3 is 2.28 bits per heavy atom. The summed E-state index contributed by atoms with van der Waals surface area (Å²) in [6, 6.07) is 0.498. The number of nitrogens with zero attached hydrogens (tertiary/aromatic N) is 1. The molecule has 0 aliphatic carbocycles. The smallest absolute Gasteiger partial charge is 0.152 e. The van der Waals surface area contributed by atoms with Gasteiger partial charge in [-0.1, -0.05) is 27.7 Å². The lowest BCUT2D eigenvalue weighted by Gasteiger charge is -2.37. The third-order valence-electron chi connectivity index (χ3n) is 3.83. The molecule has 4 nitrogen and oxygen atoms in total. The molecule has 1 rings (SSSR count). The lowest BCUT2D eigenvalue weighted by atomic mass is 9.86. The number of hydrogen-bond donors (Lipinski definition) is 1. The monoisotopic (exact) mass is 276 g/mol. The van der Waals surface area contributed by atoms with Crippen molar-refractivity contribution >= 4 is 9.84 Å². The fourth-order valence-electron chi connectivity index (χ4n) is 2.19. The molecule has 1 aliphatic heterocycles. The zero-order chi connectivity index (χ0) is 13.8. The van der Waals surface area contributed by atoms with E-state index in [1.807, 2.05) is 0 Å². The van der Waals surface area contributed by atoms with Crippen LogP contribution in [0.25, 0.3) is 0 Å². The summed E-state index contributed by atoms with van der Waals surface area (Å²) >= 11 is 0. The Bertz CT molecular complexity index is 340. The molecule has 0 aromatic carbocycles. The van der Waals surface area contributed by atoms with Gasteiger partial charge in [0.2, 0.25) is 0 Å². The van der Waals surface area contributed by atoms with Crippen molar-refractivity contribution in [1.29, 1.82) is 0 Å². The van der Waals surface area contributed by atoms with Gasteiger partial charge in [0.15, 0.2) is 9.84 Å². The maximum Gasteiger partial charge on any atom is 0.152 e. The maximum atomic E-state index is 11.4. The molecule has 18 heavy (non-hydrogen) atoms. The highest BCUT2D eigenvalue weighted by Crippen LogP contribution is 2.23. The molecule has 108 valence electrons. The van der Waals surface area contributed by atoms with Crippen LogP contribution in [0.2, 0.25) is 0 Å². The average molecular weight is 276 g/mol. The second-order valence-corrected chi connectivity index (χ2v) is 8.43. The Balaban J connectivity index is 2.48. The number of hydrogen-bond acceptors (Lipinski definition) is 4. The van der Waals surface area contributed by atoms with E-state index in [0.717, 1.165) is 19.5 Å². The lowest BCUT2D eigenvalue weighted by Crippen LogP contribution is -2.48. The Kier molecular flexibility index (Phi) is 5.62. The summed E-state index contributed by atoms with van der Waals surface area (Å²) in [5.74, 6) is 0.648. The Morgan fingerprint density at radius 2 is 1.83 bits per heavy atom. The van der Waals surface area contributed by atoms with E-state index < -0.39 is 9.84 Å². The Morgan fingerprint density at radius 1 is 1.28 bits per heavy atom. The molecule has 5 heteroatoms. The standard InChI is InChI=1S/C13H28N2O2S/c1-5-13(4,10-14-12(2)3)11-15-6-8-18(16,17)9-7-15/h12,14H,5-11H2,1-4H3. The van der Waals surface area contributed by atoms with Crippen LogP contribution in [-0.4, -0.2) is 57.0 Å². The molecule has 1 heterocycles. The first-order chi connectivity index (χ1) is 8.26. The zero-order valence-corrected chi connectivity index (χ0v) is 13.0. The van der Waals surface area contributed by atoms with Crippen LogP contribution < -0.4 is 5.32 Å². The minimum Gasteiger partial charge on any atom is -0.314 e. The first-order valence-corrected chi connectivity index (χ1v) is 8.75. The van der Waals surface area contributed by atoms with Gasteiger partial charge in [-0.25, -0.2) is 8.42 Å². The molecule has 0 amide bonds. The summed E-state index contributed by atoms with van der Waals surface area (Å²) in [7, 11) is -2.76. The Hall–Kier alpha value is -0.130. The van der Waals surface area contributed by atoms with Crippen molar-refractivity contribution in [2.75, 3.05) is 37.7 Å². The number of rotatable bonds is 6. The van der Waals surface area contributed by atoms with Crippen molar-refractivity contribution in [3.8, 4) is 0 Å². The van der Waals surface area contributed by atoms with Gasteiger partial charge in [-0.15, -0.1) is 0 Å². The Labute approximate surface area is 112 Å². The highest BCUT2D eigenvalue weighted by molar-refractivity contribution is 7.91. The predicted molar refractivity (Wildman–Crippen MR) is 76.6 cm³/mol. The van der Waals surface area contributed by atoms with Crippen molar-refractivity contribution in [3.63, 3.8) is 0 Å². The van der Waals surface area contributed by atoms with Crippen LogP contribution >= 0.6 is 0 Å². The van der Waals surface area contributed by atoms with Crippen molar-refractivity contribution in [2.24, 2.45) is 5.41 Å². The highest BCUT2D eigenvalue weighted by atomic mass is 32.2.